The number of ether oxygens (including phenoxy) is 1. The Balaban J connectivity index is 3.69. The Kier molecular flexibility index (Phi) is 21.8. The van der Waals surface area contributed by atoms with E-state index in [2.05, 4.69) is 6.92 Å². The molecule has 0 aliphatic rings. The molecule has 0 saturated carbocycles. The van der Waals surface area contributed by atoms with Crippen molar-refractivity contribution in [3.63, 3.8) is 0 Å². The van der Waals surface area contributed by atoms with Crippen LogP contribution in [0, 0.1) is 0 Å². The van der Waals surface area contributed by atoms with E-state index in [0.717, 1.165) is 12.8 Å². The molecule has 0 fully saturated rings. The first kappa shape index (κ1) is 32.6. The zero-order valence-corrected chi connectivity index (χ0v) is 23.1. The van der Waals surface area contributed by atoms with Crippen LogP contribution in [-0.2, 0) is 18.6 Å². The summed E-state index contributed by atoms with van der Waals surface area (Å²) < 4.78 is 22.6. The maximum atomic E-state index is 12.1. The molecule has 0 rings (SSSR count). The highest BCUT2D eigenvalue weighted by molar-refractivity contribution is 7.52. The first-order chi connectivity index (χ1) is 15.8. The lowest BCUT2D eigenvalue weighted by atomic mass is 10.0. The second-order valence-electron chi connectivity index (χ2n) is 9.78. The molecule has 0 aromatic rings. The fourth-order valence-corrected chi connectivity index (χ4v) is 5.10. The Bertz CT molecular complexity index is 501. The Hall–Kier alpha value is -0.420. The lowest BCUT2D eigenvalue weighted by molar-refractivity contribution is -0.148. The van der Waals surface area contributed by atoms with Crippen LogP contribution in [0.1, 0.15) is 123 Å². The molecule has 0 aliphatic carbocycles. The summed E-state index contributed by atoms with van der Waals surface area (Å²) in [5.74, 6) is -0.374. The molecule has 0 radical (unpaired) electrons. The molecule has 0 amide bonds. The summed E-state index contributed by atoms with van der Waals surface area (Å²) >= 11 is 0. The number of esters is 1. The number of rotatable bonds is 24. The Morgan fingerprint density at radius 1 is 0.818 bits per heavy atom. The van der Waals surface area contributed by atoms with E-state index in [-0.39, 0.29) is 18.7 Å². The molecule has 0 saturated heterocycles. The number of carbonyl (C=O) groups is 1. The van der Waals surface area contributed by atoms with Crippen molar-refractivity contribution in [3.8, 4) is 0 Å². The van der Waals surface area contributed by atoms with Crippen LogP contribution in [0.2, 0.25) is 0 Å². The first-order valence-corrected chi connectivity index (χ1v) is 15.3. The van der Waals surface area contributed by atoms with E-state index >= 15 is 0 Å². The standard InChI is InChI=1S/C26H54NO5P/c1-5-6-7-8-9-10-11-12-13-14-15-16-17-18-19-20-21-26(32-25(2)28)24-31-33(29,30)23-22-27(3)4/h26H,5-24H2,1-4H3,(H,29,30). The van der Waals surface area contributed by atoms with Crippen molar-refractivity contribution >= 4 is 13.6 Å². The molecule has 2 unspecified atom stereocenters. The van der Waals surface area contributed by atoms with Crippen molar-refractivity contribution in [3.05, 3.63) is 0 Å². The molecule has 1 N–H and O–H groups in total. The molecule has 0 spiro atoms. The van der Waals surface area contributed by atoms with E-state index in [4.69, 9.17) is 9.26 Å². The highest BCUT2D eigenvalue weighted by Gasteiger charge is 2.23. The monoisotopic (exact) mass is 491 g/mol. The number of nitrogens with zero attached hydrogens (tertiary/aromatic N) is 1. The molecular formula is C26H54NO5P. The van der Waals surface area contributed by atoms with Gasteiger partial charge >= 0.3 is 13.6 Å². The van der Waals surface area contributed by atoms with Gasteiger partial charge in [0.25, 0.3) is 0 Å². The average molecular weight is 492 g/mol. The third-order valence-corrected chi connectivity index (χ3v) is 7.32. The van der Waals surface area contributed by atoms with E-state index in [9.17, 15) is 14.3 Å². The zero-order valence-electron chi connectivity index (χ0n) is 22.2. The molecular weight excluding hydrogens is 437 g/mol. The Labute approximate surface area is 204 Å². The van der Waals surface area contributed by atoms with Gasteiger partial charge < -0.3 is 19.1 Å². The van der Waals surface area contributed by atoms with E-state index < -0.39 is 13.7 Å². The van der Waals surface area contributed by atoms with Crippen molar-refractivity contribution in [2.75, 3.05) is 33.4 Å². The van der Waals surface area contributed by atoms with Gasteiger partial charge in [-0.15, -0.1) is 0 Å². The van der Waals surface area contributed by atoms with Crippen molar-refractivity contribution in [2.45, 2.75) is 129 Å². The summed E-state index contributed by atoms with van der Waals surface area (Å²) in [4.78, 5) is 23.1. The first-order valence-electron chi connectivity index (χ1n) is 13.5. The van der Waals surface area contributed by atoms with Crippen LogP contribution < -0.4 is 0 Å². The molecule has 0 aromatic carbocycles. The largest absolute Gasteiger partial charge is 0.460 e. The molecule has 0 bridgehead atoms. The van der Waals surface area contributed by atoms with Gasteiger partial charge in [-0.05, 0) is 26.9 Å². The number of hydrogen-bond donors (Lipinski definition) is 1. The van der Waals surface area contributed by atoms with Gasteiger partial charge in [-0.2, -0.15) is 0 Å². The highest BCUT2D eigenvalue weighted by atomic mass is 31.2. The molecule has 0 aliphatic heterocycles. The minimum absolute atomic E-state index is 0.0144. The van der Waals surface area contributed by atoms with Gasteiger partial charge in [0.05, 0.1) is 12.8 Å². The van der Waals surface area contributed by atoms with Gasteiger partial charge in [0.15, 0.2) is 0 Å². The topological polar surface area (TPSA) is 76.1 Å². The molecule has 2 atom stereocenters. The maximum Gasteiger partial charge on any atom is 0.329 e. The highest BCUT2D eigenvalue weighted by Crippen LogP contribution is 2.41. The lowest BCUT2D eigenvalue weighted by Gasteiger charge is -2.20. The molecule has 33 heavy (non-hydrogen) atoms. The third kappa shape index (κ3) is 24.5. The fraction of sp³-hybridized carbons (Fsp3) is 0.962. The predicted molar refractivity (Wildman–Crippen MR) is 139 cm³/mol. The van der Waals surface area contributed by atoms with Crippen LogP contribution in [0.15, 0.2) is 0 Å². The van der Waals surface area contributed by atoms with Crippen molar-refractivity contribution < 1.29 is 23.5 Å². The van der Waals surface area contributed by atoms with Gasteiger partial charge in [0.1, 0.15) is 6.10 Å². The van der Waals surface area contributed by atoms with Gasteiger partial charge in [-0.1, -0.05) is 103 Å². The van der Waals surface area contributed by atoms with Crippen LogP contribution in [-0.4, -0.2) is 55.3 Å². The summed E-state index contributed by atoms with van der Waals surface area (Å²) in [6.07, 6.45) is 21.3. The minimum atomic E-state index is -3.65. The number of carbonyl (C=O) groups excluding carboxylic acids is 1. The summed E-state index contributed by atoms with van der Waals surface area (Å²) in [6.45, 7) is 4.10. The van der Waals surface area contributed by atoms with E-state index in [1.807, 2.05) is 19.0 Å². The van der Waals surface area contributed by atoms with Crippen molar-refractivity contribution in [2.24, 2.45) is 0 Å². The summed E-state index contributed by atoms with van der Waals surface area (Å²) in [7, 11) is 0.0396. The van der Waals surface area contributed by atoms with Gasteiger partial charge in [0.2, 0.25) is 0 Å². The molecule has 0 aromatic heterocycles. The number of hydrogen-bond acceptors (Lipinski definition) is 5. The maximum absolute atomic E-state index is 12.1. The van der Waals surface area contributed by atoms with E-state index in [1.165, 1.54) is 96.8 Å². The van der Waals surface area contributed by atoms with Crippen LogP contribution in [0.4, 0.5) is 0 Å². The van der Waals surface area contributed by atoms with Crippen molar-refractivity contribution in [1.82, 2.24) is 4.90 Å². The lowest BCUT2D eigenvalue weighted by Crippen LogP contribution is -2.23. The molecule has 6 nitrogen and oxygen atoms in total. The molecule has 0 heterocycles. The summed E-state index contributed by atoms with van der Waals surface area (Å²) in [5.41, 5.74) is 0. The van der Waals surface area contributed by atoms with Gasteiger partial charge in [0, 0.05) is 13.5 Å². The second-order valence-corrected chi connectivity index (χ2v) is 11.8. The molecule has 7 heteroatoms. The third-order valence-electron chi connectivity index (χ3n) is 6.00. The summed E-state index contributed by atoms with van der Waals surface area (Å²) in [5, 5.41) is 0. The van der Waals surface area contributed by atoms with Crippen LogP contribution in [0.25, 0.3) is 0 Å². The number of unbranched alkanes of at least 4 members (excludes halogenated alkanes) is 15. The molecule has 198 valence electrons. The van der Waals surface area contributed by atoms with Gasteiger partial charge in [-0.3, -0.25) is 9.36 Å². The average Bonchev–Trinajstić information content (AvgIpc) is 2.75. The predicted octanol–water partition coefficient (Wildman–Crippen LogP) is 7.33. The van der Waals surface area contributed by atoms with E-state index in [0.29, 0.717) is 13.0 Å². The van der Waals surface area contributed by atoms with Crippen LogP contribution in [0.5, 0.6) is 0 Å². The SMILES string of the molecule is CCCCCCCCCCCCCCCCCCC(COP(=O)(O)CCN(C)C)OC(C)=O. The minimum Gasteiger partial charge on any atom is -0.460 e. The van der Waals surface area contributed by atoms with Crippen LogP contribution >= 0.6 is 7.60 Å². The summed E-state index contributed by atoms with van der Waals surface area (Å²) in [6, 6.07) is 0. The second kappa shape index (κ2) is 22.1. The zero-order chi connectivity index (χ0) is 24.8. The van der Waals surface area contributed by atoms with Gasteiger partial charge in [-0.25, -0.2) is 0 Å². The fourth-order valence-electron chi connectivity index (χ4n) is 3.92. The normalized spacial score (nSPS) is 14.4. The Morgan fingerprint density at radius 2 is 1.24 bits per heavy atom. The Morgan fingerprint density at radius 3 is 1.64 bits per heavy atom. The van der Waals surface area contributed by atoms with Crippen molar-refractivity contribution in [1.29, 1.82) is 0 Å². The van der Waals surface area contributed by atoms with Crippen LogP contribution in [0.3, 0.4) is 0 Å². The smallest absolute Gasteiger partial charge is 0.329 e. The quantitative estimate of drug-likeness (QED) is 0.0865. The van der Waals surface area contributed by atoms with E-state index in [1.54, 1.807) is 0 Å².